The van der Waals surface area contributed by atoms with Gasteiger partial charge in [-0.05, 0) is 23.5 Å². The second-order valence-corrected chi connectivity index (χ2v) is 10.0. The molecule has 12 heteroatoms. The van der Waals surface area contributed by atoms with E-state index in [1.165, 1.54) is 4.57 Å². The molecule has 35 heavy (non-hydrogen) atoms. The number of esters is 1. The molecule has 0 bridgehead atoms. The molecule has 0 spiro atoms. The van der Waals surface area contributed by atoms with Gasteiger partial charge in [0.1, 0.15) is 11.7 Å². The number of aromatic nitrogens is 1. The van der Waals surface area contributed by atoms with Crippen LogP contribution in [-0.2, 0) is 21.1 Å². The Balaban J connectivity index is 0.00000612. The summed E-state index contributed by atoms with van der Waals surface area (Å²) < 4.78 is 35.6. The lowest BCUT2D eigenvalue weighted by Gasteiger charge is -2.17. The van der Waals surface area contributed by atoms with E-state index in [0.717, 1.165) is 23.5 Å². The average molecular weight is 533 g/mol. The third-order valence-electron chi connectivity index (χ3n) is 4.98. The van der Waals surface area contributed by atoms with Gasteiger partial charge in [0, 0.05) is 23.6 Å². The summed E-state index contributed by atoms with van der Waals surface area (Å²) in [5.74, 6) is -4.27. The maximum Gasteiger partial charge on any atom is 0.324 e. The Bertz CT molecular complexity index is 1100. The summed E-state index contributed by atoms with van der Waals surface area (Å²) in [6.07, 6.45) is 2.32. The largest absolute Gasteiger partial charge is 0.443 e. The minimum atomic E-state index is -1.09. The maximum atomic E-state index is 14.5. The Morgan fingerprint density at radius 3 is 2.37 bits per heavy atom. The van der Waals surface area contributed by atoms with Crippen LogP contribution in [0, 0.1) is 23.0 Å². The fourth-order valence-electron chi connectivity index (χ4n) is 2.83. The van der Waals surface area contributed by atoms with Gasteiger partial charge in [0.2, 0.25) is 5.91 Å². The molecule has 0 radical (unpaired) electrons. The van der Waals surface area contributed by atoms with Crippen molar-refractivity contribution in [3.63, 3.8) is 0 Å². The van der Waals surface area contributed by atoms with E-state index in [4.69, 9.17) is 10.5 Å². The smallest absolute Gasteiger partial charge is 0.324 e. The van der Waals surface area contributed by atoms with Crippen molar-refractivity contribution in [2.24, 2.45) is 22.1 Å². The number of hydrogen-bond donors (Lipinski definition) is 2. The number of nitrogens with zero attached hydrogens (tertiary/aromatic N) is 2. The van der Waals surface area contributed by atoms with E-state index in [2.05, 4.69) is 10.3 Å². The standard InChI is InChI=1S/C23H30F2N4O4S.ClH/c1-6-13(2)18(26)21(32)33-12-29-7-8-34-22(29)28-20(31)14-9-15(24)19(16(25)10-14)27-17(30)11-23(3,4)5;/h7-10,13,18H,6,11-12,26H2,1-5H3,(H,27,30);1H/b28-22-;/t13-,18-;/m0./s1. The number of carbonyl (C=O) groups excluding carboxylic acids is 3. The van der Waals surface area contributed by atoms with Crippen LogP contribution in [0.5, 0.6) is 0 Å². The van der Waals surface area contributed by atoms with Crippen LogP contribution in [0.1, 0.15) is 57.8 Å². The van der Waals surface area contributed by atoms with Crippen molar-refractivity contribution in [2.45, 2.75) is 60.2 Å². The predicted octanol–water partition coefficient (Wildman–Crippen LogP) is 4.24. The van der Waals surface area contributed by atoms with Crippen LogP contribution in [0.15, 0.2) is 28.7 Å². The fraction of sp³-hybridized carbons (Fsp3) is 0.478. The summed E-state index contributed by atoms with van der Waals surface area (Å²) in [7, 11) is 0. The van der Waals surface area contributed by atoms with Gasteiger partial charge in [-0.3, -0.25) is 19.0 Å². The predicted molar refractivity (Wildman–Crippen MR) is 132 cm³/mol. The van der Waals surface area contributed by atoms with Crippen molar-refractivity contribution in [1.82, 2.24) is 4.57 Å². The highest BCUT2D eigenvalue weighted by Gasteiger charge is 2.22. The topological polar surface area (TPSA) is 116 Å². The van der Waals surface area contributed by atoms with Crippen molar-refractivity contribution < 1.29 is 27.9 Å². The Kier molecular flexibility index (Phi) is 11.2. The maximum absolute atomic E-state index is 14.5. The van der Waals surface area contributed by atoms with Crippen molar-refractivity contribution in [3.8, 4) is 0 Å². The van der Waals surface area contributed by atoms with E-state index in [1.807, 2.05) is 34.6 Å². The van der Waals surface area contributed by atoms with E-state index >= 15 is 0 Å². The first-order chi connectivity index (χ1) is 15.8. The van der Waals surface area contributed by atoms with Crippen LogP contribution < -0.4 is 15.9 Å². The van der Waals surface area contributed by atoms with E-state index in [0.29, 0.717) is 6.42 Å². The van der Waals surface area contributed by atoms with Crippen LogP contribution in [0.4, 0.5) is 14.5 Å². The molecule has 2 aromatic rings. The minimum Gasteiger partial charge on any atom is -0.443 e. The molecule has 0 saturated heterocycles. The zero-order valence-electron chi connectivity index (χ0n) is 20.3. The lowest BCUT2D eigenvalue weighted by atomic mass is 9.92. The molecule has 0 fully saturated rings. The average Bonchev–Trinajstić information content (AvgIpc) is 3.18. The monoisotopic (exact) mass is 532 g/mol. The third kappa shape index (κ3) is 8.83. The molecule has 3 N–H and O–H groups in total. The number of halogens is 3. The molecule has 8 nitrogen and oxygen atoms in total. The van der Waals surface area contributed by atoms with Gasteiger partial charge in [0.05, 0.1) is 0 Å². The lowest BCUT2D eigenvalue weighted by molar-refractivity contribution is -0.150. The summed E-state index contributed by atoms with van der Waals surface area (Å²) in [5, 5.41) is 3.83. The highest BCUT2D eigenvalue weighted by atomic mass is 35.5. The summed E-state index contributed by atoms with van der Waals surface area (Å²) in [4.78, 5) is 40.7. The van der Waals surface area contributed by atoms with Crippen LogP contribution in [0.25, 0.3) is 0 Å². The van der Waals surface area contributed by atoms with E-state index in [-0.39, 0.29) is 47.3 Å². The van der Waals surface area contributed by atoms with Crippen molar-refractivity contribution in [2.75, 3.05) is 5.32 Å². The van der Waals surface area contributed by atoms with Gasteiger partial charge in [-0.2, -0.15) is 4.99 Å². The number of benzene rings is 1. The molecule has 2 amide bonds. The number of anilines is 1. The molecule has 0 aliphatic heterocycles. The van der Waals surface area contributed by atoms with E-state index in [9.17, 15) is 23.2 Å². The Morgan fingerprint density at radius 2 is 1.83 bits per heavy atom. The second kappa shape index (κ2) is 12.9. The van der Waals surface area contributed by atoms with Crippen LogP contribution in [0.2, 0.25) is 0 Å². The molecule has 0 saturated carbocycles. The summed E-state index contributed by atoms with van der Waals surface area (Å²) in [5.41, 5.74) is 4.53. The number of ether oxygens (including phenoxy) is 1. The number of amides is 2. The second-order valence-electron chi connectivity index (χ2n) is 9.18. The van der Waals surface area contributed by atoms with Crippen LogP contribution >= 0.6 is 23.7 Å². The summed E-state index contributed by atoms with van der Waals surface area (Å²) in [6, 6.07) is 0.842. The molecular formula is C23H31ClF2N4O4S. The highest BCUT2D eigenvalue weighted by molar-refractivity contribution is 7.07. The molecule has 1 aromatic heterocycles. The van der Waals surface area contributed by atoms with Crippen LogP contribution in [0.3, 0.4) is 0 Å². The van der Waals surface area contributed by atoms with E-state index in [1.54, 1.807) is 11.6 Å². The SMILES string of the molecule is CC[C@H](C)[C@H](N)C(=O)OCn1ccs/c1=N\C(=O)c1cc(F)c(NC(=O)CC(C)(C)C)c(F)c1.Cl. The normalized spacial score (nSPS) is 13.5. The minimum absolute atomic E-state index is 0. The number of nitrogens with two attached hydrogens (primary N) is 1. The number of carbonyl (C=O) groups is 3. The van der Waals surface area contributed by atoms with E-state index < -0.39 is 41.1 Å². The number of thiazole rings is 1. The van der Waals surface area contributed by atoms with Crippen molar-refractivity contribution in [3.05, 3.63) is 45.7 Å². The molecule has 0 aliphatic rings. The molecule has 2 rings (SSSR count). The molecule has 194 valence electrons. The Hall–Kier alpha value is -2.63. The van der Waals surface area contributed by atoms with Crippen molar-refractivity contribution >= 4 is 47.2 Å². The zero-order valence-corrected chi connectivity index (χ0v) is 21.9. The van der Waals surface area contributed by atoms with Crippen molar-refractivity contribution in [1.29, 1.82) is 0 Å². The third-order valence-corrected chi connectivity index (χ3v) is 5.77. The molecule has 2 atom stereocenters. The lowest BCUT2D eigenvalue weighted by Crippen LogP contribution is -2.38. The zero-order chi connectivity index (χ0) is 25.6. The molecule has 0 unspecified atom stereocenters. The highest BCUT2D eigenvalue weighted by Crippen LogP contribution is 2.24. The molecule has 1 aromatic carbocycles. The van der Waals surface area contributed by atoms with Gasteiger partial charge >= 0.3 is 5.97 Å². The quantitative estimate of drug-likeness (QED) is 0.493. The fourth-order valence-corrected chi connectivity index (χ4v) is 3.55. The Morgan fingerprint density at radius 1 is 1.23 bits per heavy atom. The van der Waals surface area contributed by atoms with Crippen LogP contribution in [-0.4, -0.2) is 28.4 Å². The number of nitrogens with one attached hydrogen (secondary N) is 1. The van der Waals surface area contributed by atoms with Gasteiger partial charge in [-0.1, -0.05) is 41.0 Å². The first kappa shape index (κ1) is 30.4. The van der Waals surface area contributed by atoms with Gasteiger partial charge < -0.3 is 15.8 Å². The van der Waals surface area contributed by atoms with Gasteiger partial charge in [0.15, 0.2) is 23.2 Å². The molecule has 0 aliphatic carbocycles. The first-order valence-electron chi connectivity index (χ1n) is 10.8. The van der Waals surface area contributed by atoms with Gasteiger partial charge in [-0.15, -0.1) is 23.7 Å². The van der Waals surface area contributed by atoms with Gasteiger partial charge in [0.25, 0.3) is 5.91 Å². The summed E-state index contributed by atoms with van der Waals surface area (Å²) in [6.45, 7) is 8.98. The first-order valence-corrected chi connectivity index (χ1v) is 11.6. The summed E-state index contributed by atoms with van der Waals surface area (Å²) >= 11 is 1.08. The number of rotatable bonds is 8. The van der Waals surface area contributed by atoms with Gasteiger partial charge in [-0.25, -0.2) is 8.78 Å². The Labute approximate surface area is 213 Å². The molecular weight excluding hydrogens is 502 g/mol. The number of hydrogen-bond acceptors (Lipinski definition) is 6. The molecule has 1 heterocycles.